The van der Waals surface area contributed by atoms with Gasteiger partial charge in [-0.2, -0.15) is 12.6 Å². The highest BCUT2D eigenvalue weighted by molar-refractivity contribution is 7.96. The molecule has 1 heterocycles. The van der Waals surface area contributed by atoms with Gasteiger partial charge in [0, 0.05) is 6.61 Å². The molecule has 8 heteroatoms. The lowest BCUT2D eigenvalue weighted by molar-refractivity contribution is -0.161. The van der Waals surface area contributed by atoms with Gasteiger partial charge in [0.2, 0.25) is 5.91 Å². The number of benzene rings is 3. The molecule has 1 aliphatic rings. The fraction of sp³-hybridized carbons (Fsp3) is 0.333. The van der Waals surface area contributed by atoms with Gasteiger partial charge < -0.3 is 9.53 Å². The summed E-state index contributed by atoms with van der Waals surface area (Å²) >= 11 is 4.83. The van der Waals surface area contributed by atoms with Crippen LogP contribution in [0, 0.1) is 5.92 Å². The number of nitrogens with zero attached hydrogens (tertiary/aromatic N) is 1. The van der Waals surface area contributed by atoms with E-state index in [9.17, 15) is 14.7 Å². The van der Waals surface area contributed by atoms with E-state index in [1.807, 2.05) is 91.0 Å². The Labute approximate surface area is 233 Å². The lowest BCUT2D eigenvalue weighted by Gasteiger charge is -2.50. The standard InChI is InChI=1S/C30H36NO4PSSi/c1-30(2,3)38(4,5)35-21-25-26(32)31(28(25)37)27(29(33)34)36(22-15-9-6-10-16-22,23-17-11-7-12-18-23)24-19-13-8-14-20-24/h6-20,25,27-28H,21H2,1-5H3,(H-,33,34,37)/p+1/t25-,27?,28+/m0/s1. The number of hydrogen-bond donors (Lipinski definition) is 2. The maximum atomic E-state index is 13.8. The highest BCUT2D eigenvalue weighted by Gasteiger charge is 2.65. The molecule has 5 nitrogen and oxygen atoms in total. The second-order valence-electron chi connectivity index (χ2n) is 11.3. The molecule has 3 aromatic carbocycles. The molecule has 0 saturated carbocycles. The number of carbonyl (C=O) groups excluding carboxylic acids is 1. The third-order valence-corrected chi connectivity index (χ3v) is 17.6. The highest BCUT2D eigenvalue weighted by Crippen LogP contribution is 2.62. The van der Waals surface area contributed by atoms with E-state index in [0.717, 1.165) is 15.9 Å². The molecule has 0 radical (unpaired) electrons. The van der Waals surface area contributed by atoms with E-state index in [2.05, 4.69) is 33.9 Å². The van der Waals surface area contributed by atoms with Crippen LogP contribution in [0.15, 0.2) is 91.0 Å². The Morgan fingerprint density at radius 2 is 1.32 bits per heavy atom. The van der Waals surface area contributed by atoms with Gasteiger partial charge in [-0.25, -0.2) is 4.79 Å². The van der Waals surface area contributed by atoms with Gasteiger partial charge in [0.05, 0.1) is 11.3 Å². The lowest BCUT2D eigenvalue weighted by Crippen LogP contribution is -2.68. The van der Waals surface area contributed by atoms with Crippen molar-refractivity contribution in [3.63, 3.8) is 0 Å². The highest BCUT2D eigenvalue weighted by atomic mass is 32.1. The number of amides is 1. The molecule has 1 aliphatic heterocycles. The predicted octanol–water partition coefficient (Wildman–Crippen LogP) is 5.13. The SMILES string of the molecule is CC(C)(C)[Si](C)(C)OC[C@H]1C(=O)N(C(C(=O)O)[P+](c2ccccc2)(c2ccccc2)c2ccccc2)[C@@H]1S. The lowest BCUT2D eigenvalue weighted by atomic mass is 9.99. The molecule has 4 rings (SSSR count). The number of rotatable bonds is 9. The summed E-state index contributed by atoms with van der Waals surface area (Å²) in [5.41, 5.74) is 0. The minimum Gasteiger partial charge on any atom is -0.477 e. The van der Waals surface area contributed by atoms with Crippen LogP contribution < -0.4 is 15.9 Å². The molecule has 200 valence electrons. The van der Waals surface area contributed by atoms with Crippen molar-refractivity contribution in [3.8, 4) is 0 Å². The molecular formula is C30H37NO4PSSi+. The number of β-lactam (4-membered cyclic amide) rings is 1. The molecular weight excluding hydrogens is 529 g/mol. The maximum Gasteiger partial charge on any atom is 0.367 e. The van der Waals surface area contributed by atoms with Gasteiger partial charge in [0.15, 0.2) is 8.32 Å². The Morgan fingerprint density at radius 1 is 0.921 bits per heavy atom. The third kappa shape index (κ3) is 4.97. The quantitative estimate of drug-likeness (QED) is 0.163. The largest absolute Gasteiger partial charge is 0.477 e. The smallest absolute Gasteiger partial charge is 0.367 e. The number of carboxylic acids is 1. The summed E-state index contributed by atoms with van der Waals surface area (Å²) in [4.78, 5) is 28.6. The first-order valence-electron chi connectivity index (χ1n) is 12.9. The van der Waals surface area contributed by atoms with Gasteiger partial charge in [-0.3, -0.25) is 9.69 Å². The molecule has 0 spiro atoms. The van der Waals surface area contributed by atoms with Crippen LogP contribution in [0.2, 0.25) is 18.1 Å². The van der Waals surface area contributed by atoms with Crippen molar-refractivity contribution in [2.45, 2.75) is 50.1 Å². The maximum absolute atomic E-state index is 13.8. The van der Waals surface area contributed by atoms with E-state index in [0.29, 0.717) is 0 Å². The topological polar surface area (TPSA) is 66.8 Å². The number of likely N-dealkylation sites (tertiary alicyclic amines) is 1. The van der Waals surface area contributed by atoms with Gasteiger partial charge in [0.1, 0.15) is 23.2 Å². The van der Waals surface area contributed by atoms with Crippen LogP contribution >= 0.6 is 19.9 Å². The summed E-state index contributed by atoms with van der Waals surface area (Å²) in [7, 11) is -4.98. The first-order valence-corrected chi connectivity index (χ1v) is 18.1. The average molecular weight is 567 g/mol. The van der Waals surface area contributed by atoms with E-state index in [1.54, 1.807) is 0 Å². The van der Waals surface area contributed by atoms with Crippen molar-refractivity contribution in [1.29, 1.82) is 0 Å². The molecule has 0 bridgehead atoms. The zero-order valence-corrected chi connectivity index (χ0v) is 25.4. The zero-order valence-electron chi connectivity index (χ0n) is 22.6. The fourth-order valence-corrected chi connectivity index (χ4v) is 11.1. The van der Waals surface area contributed by atoms with Crippen molar-refractivity contribution in [3.05, 3.63) is 91.0 Å². The average Bonchev–Trinajstić information content (AvgIpc) is 2.89. The monoisotopic (exact) mass is 566 g/mol. The minimum atomic E-state index is -2.90. The van der Waals surface area contributed by atoms with Crippen molar-refractivity contribution in [2.24, 2.45) is 5.92 Å². The summed E-state index contributed by atoms with van der Waals surface area (Å²) in [5.74, 6) is -2.86. The molecule has 1 unspecified atom stereocenters. The number of carboxylic acid groups (broad SMARTS) is 1. The zero-order chi connectivity index (χ0) is 27.7. The second-order valence-corrected chi connectivity index (χ2v) is 20.1. The Balaban J connectivity index is 1.84. The Bertz CT molecular complexity index is 1170. The molecule has 1 N–H and O–H groups in total. The molecule has 0 aromatic heterocycles. The van der Waals surface area contributed by atoms with Crippen molar-refractivity contribution in [2.75, 3.05) is 6.61 Å². The van der Waals surface area contributed by atoms with Gasteiger partial charge >= 0.3 is 5.97 Å². The molecule has 3 atom stereocenters. The van der Waals surface area contributed by atoms with Crippen LogP contribution in [-0.4, -0.2) is 48.0 Å². The Kier molecular flexibility index (Phi) is 8.25. The van der Waals surface area contributed by atoms with Crippen LogP contribution in [0.4, 0.5) is 0 Å². The van der Waals surface area contributed by atoms with Crippen LogP contribution in [0.25, 0.3) is 0 Å². The first kappa shape index (κ1) is 28.6. The van der Waals surface area contributed by atoms with Gasteiger partial charge in [-0.1, -0.05) is 75.4 Å². The Morgan fingerprint density at radius 3 is 1.63 bits per heavy atom. The molecule has 3 aromatic rings. The van der Waals surface area contributed by atoms with Crippen LogP contribution in [0.5, 0.6) is 0 Å². The van der Waals surface area contributed by atoms with Crippen molar-refractivity contribution < 1.29 is 19.1 Å². The van der Waals surface area contributed by atoms with Gasteiger partial charge in [-0.05, 0) is 54.5 Å². The van der Waals surface area contributed by atoms with E-state index in [1.165, 1.54) is 4.90 Å². The van der Waals surface area contributed by atoms with E-state index in [4.69, 9.17) is 17.1 Å². The fourth-order valence-electron chi connectivity index (χ4n) is 4.83. The van der Waals surface area contributed by atoms with Crippen LogP contribution in [0.1, 0.15) is 20.8 Å². The Hall–Kier alpha value is -2.44. The number of thiol groups is 1. The predicted molar refractivity (Wildman–Crippen MR) is 163 cm³/mol. The van der Waals surface area contributed by atoms with E-state index >= 15 is 0 Å². The first-order chi connectivity index (χ1) is 17.9. The minimum absolute atomic E-state index is 0.00376. The molecule has 1 amide bonds. The van der Waals surface area contributed by atoms with Crippen molar-refractivity contribution in [1.82, 2.24) is 4.90 Å². The third-order valence-electron chi connectivity index (χ3n) is 7.99. The van der Waals surface area contributed by atoms with Gasteiger partial charge in [-0.15, -0.1) is 0 Å². The molecule has 1 saturated heterocycles. The summed E-state index contributed by atoms with van der Waals surface area (Å²) in [5, 5.41) is 13.0. The van der Waals surface area contributed by atoms with Crippen LogP contribution in [0.3, 0.4) is 0 Å². The summed E-state index contributed by atoms with van der Waals surface area (Å²) < 4.78 is 6.37. The molecule has 1 fully saturated rings. The van der Waals surface area contributed by atoms with E-state index in [-0.39, 0.29) is 17.6 Å². The second kappa shape index (κ2) is 11.0. The number of aliphatic carboxylic acids is 1. The molecule has 0 aliphatic carbocycles. The van der Waals surface area contributed by atoms with E-state index < -0.39 is 38.6 Å². The van der Waals surface area contributed by atoms with Crippen molar-refractivity contribution >= 4 is 56.0 Å². The summed E-state index contributed by atoms with van der Waals surface area (Å²) in [6.07, 6.45) is 0. The normalized spacial score (nSPS) is 19.1. The van der Waals surface area contributed by atoms with Crippen LogP contribution in [-0.2, 0) is 14.0 Å². The summed E-state index contributed by atoms with van der Waals surface area (Å²) in [6, 6.07) is 29.3. The molecule has 38 heavy (non-hydrogen) atoms. The summed E-state index contributed by atoms with van der Waals surface area (Å²) in [6.45, 7) is 11.0. The number of hydrogen-bond acceptors (Lipinski definition) is 4. The number of carbonyl (C=O) groups is 2. The van der Waals surface area contributed by atoms with Gasteiger partial charge in [0.25, 0.3) is 5.78 Å².